The first-order chi connectivity index (χ1) is 8.19. The van der Waals surface area contributed by atoms with Crippen molar-refractivity contribution in [1.29, 1.82) is 0 Å². The third kappa shape index (κ3) is 2.90. The zero-order valence-electron chi connectivity index (χ0n) is 9.82. The van der Waals surface area contributed by atoms with Gasteiger partial charge in [0.05, 0.1) is 13.6 Å². The van der Waals surface area contributed by atoms with Crippen LogP contribution < -0.4 is 5.73 Å². The van der Waals surface area contributed by atoms with Crippen LogP contribution in [0, 0.1) is 5.92 Å². The van der Waals surface area contributed by atoms with E-state index in [0.29, 0.717) is 12.4 Å². The Balaban J connectivity index is 1.83. The smallest absolute Gasteiger partial charge is 0.188 e. The van der Waals surface area contributed by atoms with Crippen LogP contribution in [0.25, 0.3) is 0 Å². The minimum Gasteiger partial charge on any atom is -0.409 e. The van der Waals surface area contributed by atoms with Crippen molar-refractivity contribution in [1.82, 2.24) is 25.1 Å². The number of rotatable bonds is 3. The van der Waals surface area contributed by atoms with Gasteiger partial charge in [-0.3, -0.25) is 4.90 Å². The van der Waals surface area contributed by atoms with Crippen molar-refractivity contribution < 1.29 is 5.21 Å². The van der Waals surface area contributed by atoms with Gasteiger partial charge in [0.1, 0.15) is 5.84 Å². The third-order valence-electron chi connectivity index (χ3n) is 3.04. The number of oxime groups is 1. The summed E-state index contributed by atoms with van der Waals surface area (Å²) in [5.74, 6) is 1.25. The topological polar surface area (TPSA) is 105 Å². The van der Waals surface area contributed by atoms with Crippen LogP contribution >= 0.6 is 0 Å². The number of amidine groups is 1. The summed E-state index contributed by atoms with van der Waals surface area (Å²) >= 11 is 0. The lowest BCUT2D eigenvalue weighted by Gasteiger charge is -2.30. The van der Waals surface area contributed by atoms with E-state index >= 15 is 0 Å². The summed E-state index contributed by atoms with van der Waals surface area (Å²) in [5.41, 5.74) is 5.59. The minimum absolute atomic E-state index is 0.186. The molecule has 94 valence electrons. The van der Waals surface area contributed by atoms with E-state index < -0.39 is 0 Å². The molecule has 0 atom stereocenters. The number of likely N-dealkylation sites (tertiary alicyclic amines) is 1. The first-order valence-corrected chi connectivity index (χ1v) is 5.61. The maximum absolute atomic E-state index is 8.61. The van der Waals surface area contributed by atoms with E-state index in [1.165, 1.54) is 4.80 Å². The van der Waals surface area contributed by atoms with Gasteiger partial charge < -0.3 is 10.9 Å². The molecule has 3 N–H and O–H groups in total. The average molecular weight is 239 g/mol. The molecule has 0 bridgehead atoms. The lowest BCUT2D eigenvalue weighted by Crippen LogP contribution is -2.38. The molecule has 1 aliphatic heterocycles. The quantitative estimate of drug-likeness (QED) is 0.308. The molecule has 8 nitrogen and oxygen atoms in total. The van der Waals surface area contributed by atoms with E-state index in [1.54, 1.807) is 7.05 Å². The van der Waals surface area contributed by atoms with Gasteiger partial charge in [-0.1, -0.05) is 5.16 Å². The van der Waals surface area contributed by atoms with Crippen molar-refractivity contribution in [3.63, 3.8) is 0 Å². The Hall–Kier alpha value is -1.70. The average Bonchev–Trinajstić information content (AvgIpc) is 2.75. The van der Waals surface area contributed by atoms with Gasteiger partial charge in [-0.2, -0.15) is 4.80 Å². The van der Waals surface area contributed by atoms with E-state index in [2.05, 4.69) is 25.5 Å². The Morgan fingerprint density at radius 2 is 2.24 bits per heavy atom. The highest BCUT2D eigenvalue weighted by atomic mass is 16.4. The lowest BCUT2D eigenvalue weighted by molar-refractivity contribution is 0.194. The zero-order chi connectivity index (χ0) is 12.3. The molecule has 2 rings (SSSR count). The maximum Gasteiger partial charge on any atom is 0.188 e. The molecule has 0 aliphatic carbocycles. The number of hydrogen-bond donors (Lipinski definition) is 2. The predicted molar refractivity (Wildman–Crippen MR) is 60.2 cm³/mol. The molecule has 1 fully saturated rings. The Morgan fingerprint density at radius 3 is 2.76 bits per heavy atom. The van der Waals surface area contributed by atoms with Crippen molar-refractivity contribution in [2.24, 2.45) is 23.9 Å². The Kier molecular flexibility index (Phi) is 3.52. The number of hydrogen-bond acceptors (Lipinski definition) is 6. The summed E-state index contributed by atoms with van der Waals surface area (Å²) < 4.78 is 0. The molecule has 1 aliphatic rings. The molecule has 0 unspecified atom stereocenters. The fourth-order valence-electron chi connectivity index (χ4n) is 2.06. The van der Waals surface area contributed by atoms with Crippen molar-refractivity contribution in [3.05, 3.63) is 5.82 Å². The minimum atomic E-state index is 0.186. The highest BCUT2D eigenvalue weighted by Gasteiger charge is 2.23. The van der Waals surface area contributed by atoms with Crippen molar-refractivity contribution in [2.45, 2.75) is 19.4 Å². The van der Waals surface area contributed by atoms with Crippen LogP contribution in [-0.2, 0) is 13.6 Å². The summed E-state index contributed by atoms with van der Waals surface area (Å²) in [4.78, 5) is 3.71. The van der Waals surface area contributed by atoms with Gasteiger partial charge in [-0.05, 0) is 31.1 Å². The number of aromatic nitrogens is 4. The van der Waals surface area contributed by atoms with Crippen LogP contribution in [0.4, 0.5) is 0 Å². The molecule has 0 saturated carbocycles. The molecular weight excluding hydrogens is 222 g/mol. The van der Waals surface area contributed by atoms with Crippen LogP contribution in [0.15, 0.2) is 5.16 Å². The molecule has 0 spiro atoms. The number of piperidine rings is 1. The van der Waals surface area contributed by atoms with Crippen LogP contribution in [0.3, 0.4) is 0 Å². The number of nitrogens with two attached hydrogens (primary N) is 1. The Bertz CT molecular complexity index is 394. The van der Waals surface area contributed by atoms with E-state index in [4.69, 9.17) is 10.9 Å². The highest BCUT2D eigenvalue weighted by molar-refractivity contribution is 5.82. The summed E-state index contributed by atoms with van der Waals surface area (Å²) in [5, 5.41) is 23.6. The van der Waals surface area contributed by atoms with Crippen LogP contribution in [0.5, 0.6) is 0 Å². The normalized spacial score (nSPS) is 19.7. The summed E-state index contributed by atoms with van der Waals surface area (Å²) in [6.45, 7) is 2.51. The van der Waals surface area contributed by atoms with Gasteiger partial charge in [0.15, 0.2) is 5.82 Å². The Morgan fingerprint density at radius 1 is 1.53 bits per heavy atom. The highest BCUT2D eigenvalue weighted by Crippen LogP contribution is 2.18. The second-order valence-corrected chi connectivity index (χ2v) is 4.27. The Labute approximate surface area is 99.1 Å². The van der Waals surface area contributed by atoms with Gasteiger partial charge in [0, 0.05) is 5.92 Å². The van der Waals surface area contributed by atoms with Crippen LogP contribution in [-0.4, -0.2) is 49.2 Å². The van der Waals surface area contributed by atoms with Crippen LogP contribution in [0.1, 0.15) is 18.7 Å². The second-order valence-electron chi connectivity index (χ2n) is 4.27. The number of aryl methyl sites for hydroxylation is 1. The van der Waals surface area contributed by atoms with Crippen molar-refractivity contribution >= 4 is 5.84 Å². The number of nitrogens with zero attached hydrogens (tertiary/aromatic N) is 6. The fourth-order valence-corrected chi connectivity index (χ4v) is 2.06. The maximum atomic E-state index is 8.61. The zero-order valence-corrected chi connectivity index (χ0v) is 9.82. The lowest BCUT2D eigenvalue weighted by atomic mass is 9.96. The third-order valence-corrected chi connectivity index (χ3v) is 3.04. The summed E-state index contributed by atoms with van der Waals surface area (Å²) in [6.07, 6.45) is 1.80. The van der Waals surface area contributed by atoms with E-state index in [9.17, 15) is 0 Å². The molecule has 0 amide bonds. The summed E-state index contributed by atoms with van der Waals surface area (Å²) in [6, 6.07) is 0. The first-order valence-electron chi connectivity index (χ1n) is 5.61. The summed E-state index contributed by atoms with van der Waals surface area (Å²) in [7, 11) is 1.75. The molecule has 1 aromatic rings. The molecule has 0 radical (unpaired) electrons. The van der Waals surface area contributed by atoms with Gasteiger partial charge in [0.25, 0.3) is 0 Å². The van der Waals surface area contributed by atoms with Gasteiger partial charge in [0.2, 0.25) is 0 Å². The van der Waals surface area contributed by atoms with Gasteiger partial charge in [-0.15, -0.1) is 10.2 Å². The van der Waals surface area contributed by atoms with Crippen molar-refractivity contribution in [2.75, 3.05) is 13.1 Å². The first kappa shape index (κ1) is 11.8. The number of tetrazole rings is 1. The van der Waals surface area contributed by atoms with Crippen molar-refractivity contribution in [3.8, 4) is 0 Å². The fraction of sp³-hybridized carbons (Fsp3) is 0.778. The molecule has 2 heterocycles. The predicted octanol–water partition coefficient (Wildman–Crippen LogP) is -0.831. The van der Waals surface area contributed by atoms with Gasteiger partial charge in [-0.25, -0.2) is 0 Å². The largest absolute Gasteiger partial charge is 0.409 e. The van der Waals surface area contributed by atoms with Crippen LogP contribution in [0.2, 0.25) is 0 Å². The molecule has 8 heteroatoms. The molecular formula is C9H17N7O. The molecule has 1 saturated heterocycles. The standard InChI is InChI=1S/C9H17N7O/c1-15-12-8(11-14-15)6-16-4-2-7(3-5-16)9(10)13-17/h7,17H,2-6H2,1H3,(H2,10,13). The second kappa shape index (κ2) is 5.09. The van der Waals surface area contributed by atoms with E-state index in [-0.39, 0.29) is 5.92 Å². The SMILES string of the molecule is Cn1nnc(CN2CCC(C(N)=NO)CC2)n1. The monoisotopic (exact) mass is 239 g/mol. The molecule has 0 aromatic carbocycles. The molecule has 17 heavy (non-hydrogen) atoms. The van der Waals surface area contributed by atoms with Gasteiger partial charge >= 0.3 is 0 Å². The van der Waals surface area contributed by atoms with E-state index in [1.807, 2.05) is 0 Å². The molecule has 1 aromatic heterocycles. The van der Waals surface area contributed by atoms with E-state index in [0.717, 1.165) is 31.8 Å².